The summed E-state index contributed by atoms with van der Waals surface area (Å²) < 4.78 is 28.9. The molecule has 1 aromatic carbocycles. The number of aliphatic hydroxyl groups is 1. The van der Waals surface area contributed by atoms with Crippen molar-refractivity contribution in [2.24, 2.45) is 0 Å². The molecule has 36 heavy (non-hydrogen) atoms. The lowest BCUT2D eigenvalue weighted by atomic mass is 10.1. The molecule has 2 fully saturated rings. The summed E-state index contributed by atoms with van der Waals surface area (Å²) in [6.45, 7) is 8.02. The van der Waals surface area contributed by atoms with Gasteiger partial charge in [-0.05, 0) is 26.0 Å². The molecular weight excluding hydrogens is 466 g/mol. The van der Waals surface area contributed by atoms with Crippen molar-refractivity contribution >= 4 is 23.4 Å². The quantitative estimate of drug-likeness (QED) is 0.536. The van der Waals surface area contributed by atoms with Crippen LogP contribution in [0.4, 0.5) is 26.1 Å². The molecule has 0 aliphatic carbocycles. The molecule has 9 nitrogen and oxygen atoms in total. The van der Waals surface area contributed by atoms with Crippen LogP contribution in [0.25, 0.3) is 12.0 Å². The van der Waals surface area contributed by atoms with E-state index in [4.69, 9.17) is 5.73 Å². The summed E-state index contributed by atoms with van der Waals surface area (Å²) in [6.07, 6.45) is 5.54. The summed E-state index contributed by atoms with van der Waals surface area (Å²) in [4.78, 5) is 15.2. The molecule has 2 aromatic heterocycles. The molecular formula is C25H30F2N8O. The Morgan fingerprint density at radius 2 is 1.81 bits per heavy atom. The first-order chi connectivity index (χ1) is 17.3. The van der Waals surface area contributed by atoms with Crippen LogP contribution < -0.4 is 15.5 Å². The number of nitrogens with zero attached hydrogens (tertiary/aromatic N) is 7. The van der Waals surface area contributed by atoms with Gasteiger partial charge in [0, 0.05) is 68.7 Å². The average molecular weight is 497 g/mol. The first kappa shape index (κ1) is 24.1. The number of hydrogen-bond acceptors (Lipinski definition) is 8. The molecule has 0 saturated carbocycles. The van der Waals surface area contributed by atoms with Gasteiger partial charge in [0.2, 0.25) is 0 Å². The highest BCUT2D eigenvalue weighted by Gasteiger charge is 2.27. The number of aliphatic hydroxyl groups excluding tert-OH is 1. The Morgan fingerprint density at radius 3 is 2.50 bits per heavy atom. The van der Waals surface area contributed by atoms with Crippen LogP contribution in [0.1, 0.15) is 18.2 Å². The number of β-amino-alcohol motifs (C(OH)–C–C–N with tert-alkyl or cyclic N) is 1. The molecule has 0 spiro atoms. The summed E-state index contributed by atoms with van der Waals surface area (Å²) in [7, 11) is 0. The minimum Gasteiger partial charge on any atom is -0.389 e. The van der Waals surface area contributed by atoms with E-state index in [9.17, 15) is 13.9 Å². The van der Waals surface area contributed by atoms with Crippen molar-refractivity contribution in [1.29, 1.82) is 0 Å². The maximum atomic E-state index is 13.6. The van der Waals surface area contributed by atoms with Gasteiger partial charge >= 0.3 is 0 Å². The number of nitrogens with two attached hydrogens (primary N) is 1. The van der Waals surface area contributed by atoms with E-state index in [-0.39, 0.29) is 12.1 Å². The topological polar surface area (TPSA) is 99.6 Å². The lowest BCUT2D eigenvalue weighted by Gasteiger charge is -2.40. The number of aromatic nitrogens is 4. The zero-order valence-electron chi connectivity index (χ0n) is 20.3. The van der Waals surface area contributed by atoms with Crippen LogP contribution >= 0.6 is 0 Å². The predicted molar refractivity (Wildman–Crippen MR) is 135 cm³/mol. The average Bonchev–Trinajstić information content (AvgIpc) is 3.17. The fraction of sp³-hybridized carbons (Fsp3) is 0.400. The fourth-order valence-corrected chi connectivity index (χ4v) is 4.66. The number of halogens is 2. The zero-order valence-corrected chi connectivity index (χ0v) is 20.3. The van der Waals surface area contributed by atoms with Gasteiger partial charge in [-0.2, -0.15) is 15.1 Å². The van der Waals surface area contributed by atoms with Crippen LogP contribution in [0.15, 0.2) is 36.5 Å². The van der Waals surface area contributed by atoms with Gasteiger partial charge in [-0.1, -0.05) is 12.2 Å². The number of anilines is 3. The standard InChI is InChI=1S/C25H30F2N8O/c1-16-13-33(21-9-19(26)8-20(27)10-21)7-6-32(16)5-3-4-18-12-29-35(17(18)2)25-30-23(28)11-24(31-25)34-14-22(36)15-34/h3-4,8-12,16,22,36H,5-7,13-15H2,1-2H3,(H2,28,30,31)/b4-3+/t16-/m1/s1. The fourth-order valence-electron chi connectivity index (χ4n) is 4.66. The van der Waals surface area contributed by atoms with Crippen LogP contribution in [-0.2, 0) is 0 Å². The highest BCUT2D eigenvalue weighted by atomic mass is 19.1. The van der Waals surface area contributed by atoms with Crippen molar-refractivity contribution in [3.8, 4) is 5.95 Å². The highest BCUT2D eigenvalue weighted by molar-refractivity contribution is 5.54. The first-order valence-corrected chi connectivity index (χ1v) is 12.0. The van der Waals surface area contributed by atoms with Crippen molar-refractivity contribution in [2.45, 2.75) is 26.0 Å². The molecule has 0 bridgehead atoms. The molecule has 0 unspecified atom stereocenters. The monoisotopic (exact) mass is 496 g/mol. The second-order valence-corrected chi connectivity index (χ2v) is 9.43. The van der Waals surface area contributed by atoms with E-state index >= 15 is 0 Å². The normalized spacial score (nSPS) is 19.3. The van der Waals surface area contributed by atoms with E-state index in [1.807, 2.05) is 22.8 Å². The molecule has 4 heterocycles. The Balaban J connectivity index is 1.22. The lowest BCUT2D eigenvalue weighted by Crippen LogP contribution is -2.51. The number of hydrogen-bond donors (Lipinski definition) is 2. The molecule has 1 atom stereocenters. The van der Waals surface area contributed by atoms with Gasteiger partial charge in [-0.3, -0.25) is 4.90 Å². The maximum absolute atomic E-state index is 13.6. The van der Waals surface area contributed by atoms with Crippen LogP contribution in [0.3, 0.4) is 0 Å². The first-order valence-electron chi connectivity index (χ1n) is 12.0. The van der Waals surface area contributed by atoms with Crippen molar-refractivity contribution < 1.29 is 13.9 Å². The van der Waals surface area contributed by atoms with Gasteiger partial charge in [0.15, 0.2) is 0 Å². The Hall–Kier alpha value is -3.57. The summed E-state index contributed by atoms with van der Waals surface area (Å²) in [6, 6.07) is 5.57. The van der Waals surface area contributed by atoms with Crippen molar-refractivity contribution in [3.63, 3.8) is 0 Å². The zero-order chi connectivity index (χ0) is 25.4. The molecule has 2 aliphatic rings. The van der Waals surface area contributed by atoms with Gasteiger partial charge in [-0.25, -0.2) is 13.5 Å². The Kier molecular flexibility index (Phi) is 6.59. The van der Waals surface area contributed by atoms with E-state index < -0.39 is 11.6 Å². The highest BCUT2D eigenvalue weighted by Crippen LogP contribution is 2.24. The SMILES string of the molecule is Cc1c(/C=C/CN2CCN(c3cc(F)cc(F)c3)C[C@H]2C)cnn1-c1nc(N)cc(N2CC(O)C2)n1. The van der Waals surface area contributed by atoms with Crippen molar-refractivity contribution in [2.75, 3.05) is 54.8 Å². The third-order valence-electron chi connectivity index (χ3n) is 6.76. The predicted octanol–water partition coefficient (Wildman–Crippen LogP) is 2.24. The molecule has 3 aromatic rings. The summed E-state index contributed by atoms with van der Waals surface area (Å²) in [5, 5.41) is 14.0. The van der Waals surface area contributed by atoms with E-state index in [1.54, 1.807) is 16.9 Å². The van der Waals surface area contributed by atoms with Crippen LogP contribution in [-0.4, -0.2) is 81.2 Å². The molecule has 2 saturated heterocycles. The third-order valence-corrected chi connectivity index (χ3v) is 6.76. The van der Waals surface area contributed by atoms with Gasteiger partial charge < -0.3 is 20.6 Å². The Bertz CT molecular complexity index is 1250. The Labute approximate surface area is 208 Å². The molecule has 5 rings (SSSR count). The number of benzene rings is 1. The van der Waals surface area contributed by atoms with Gasteiger partial charge in [0.25, 0.3) is 5.95 Å². The summed E-state index contributed by atoms with van der Waals surface area (Å²) in [5.41, 5.74) is 8.41. The van der Waals surface area contributed by atoms with Crippen LogP contribution in [0.2, 0.25) is 0 Å². The van der Waals surface area contributed by atoms with Gasteiger partial charge in [-0.15, -0.1) is 0 Å². The summed E-state index contributed by atoms with van der Waals surface area (Å²) in [5.74, 6) is 0.291. The molecule has 11 heteroatoms. The number of piperazine rings is 1. The Morgan fingerprint density at radius 1 is 1.06 bits per heavy atom. The second kappa shape index (κ2) is 9.82. The van der Waals surface area contributed by atoms with E-state index in [0.717, 1.165) is 30.4 Å². The molecule has 190 valence electrons. The molecule has 0 amide bonds. The van der Waals surface area contributed by atoms with Gasteiger partial charge in [0.05, 0.1) is 18.0 Å². The van der Waals surface area contributed by atoms with Crippen LogP contribution in [0, 0.1) is 18.6 Å². The smallest absolute Gasteiger partial charge is 0.254 e. The number of nitrogen functional groups attached to an aromatic ring is 1. The number of rotatable bonds is 6. The van der Waals surface area contributed by atoms with E-state index in [1.165, 1.54) is 12.1 Å². The summed E-state index contributed by atoms with van der Waals surface area (Å²) >= 11 is 0. The van der Waals surface area contributed by atoms with Crippen molar-refractivity contribution in [1.82, 2.24) is 24.6 Å². The molecule has 2 aliphatic heterocycles. The second-order valence-electron chi connectivity index (χ2n) is 9.43. The third kappa shape index (κ3) is 5.02. The molecule has 0 radical (unpaired) electrons. The van der Waals surface area contributed by atoms with E-state index in [2.05, 4.69) is 33.0 Å². The van der Waals surface area contributed by atoms with E-state index in [0.29, 0.717) is 49.5 Å². The largest absolute Gasteiger partial charge is 0.389 e. The lowest BCUT2D eigenvalue weighted by molar-refractivity contribution is 0.141. The minimum atomic E-state index is -0.557. The minimum absolute atomic E-state index is 0.220. The maximum Gasteiger partial charge on any atom is 0.254 e. The molecule has 3 N–H and O–H groups in total. The van der Waals surface area contributed by atoms with Gasteiger partial charge in [0.1, 0.15) is 23.3 Å². The van der Waals surface area contributed by atoms with Crippen LogP contribution in [0.5, 0.6) is 0 Å². The van der Waals surface area contributed by atoms with Crippen molar-refractivity contribution in [3.05, 3.63) is 59.4 Å².